The lowest BCUT2D eigenvalue weighted by Crippen LogP contribution is -2.43. The molecule has 0 heterocycles. The quantitative estimate of drug-likeness (QED) is 0.508. The van der Waals surface area contributed by atoms with Gasteiger partial charge in [-0.2, -0.15) is 0 Å². The van der Waals surface area contributed by atoms with Crippen LogP contribution in [0.2, 0.25) is 0 Å². The van der Waals surface area contributed by atoms with E-state index in [-0.39, 0.29) is 18.3 Å². The first-order valence-corrected chi connectivity index (χ1v) is 6.24. The summed E-state index contributed by atoms with van der Waals surface area (Å²) < 4.78 is 4.54. The topological polar surface area (TPSA) is 102 Å². The third-order valence-corrected chi connectivity index (χ3v) is 2.74. The highest BCUT2D eigenvalue weighted by Gasteiger charge is 2.20. The highest BCUT2D eigenvalue weighted by atomic mass is 16.6. The van der Waals surface area contributed by atoms with Crippen molar-refractivity contribution in [2.24, 2.45) is 0 Å². The number of nitro benzene ring substituents is 1. The van der Waals surface area contributed by atoms with Gasteiger partial charge in [0.1, 0.15) is 6.54 Å². The molecule has 0 aliphatic rings. The monoisotopic (exact) mass is 295 g/mol. The second-order valence-corrected chi connectivity index (χ2v) is 4.53. The molecule has 8 heteroatoms. The van der Waals surface area contributed by atoms with Crippen molar-refractivity contribution in [1.29, 1.82) is 0 Å². The molecule has 0 fully saturated rings. The maximum atomic E-state index is 12.1. The van der Waals surface area contributed by atoms with Gasteiger partial charge < -0.3 is 15.0 Å². The Kier molecular flexibility index (Phi) is 5.65. The number of carbonyl (C=O) groups excluding carboxylic acids is 2. The molecule has 0 atom stereocenters. The molecule has 0 unspecified atom stereocenters. The fraction of sp³-hybridized carbons (Fsp3) is 0.385. The molecule has 2 amide bonds. The summed E-state index contributed by atoms with van der Waals surface area (Å²) in [7, 11) is 1.25. The van der Waals surface area contributed by atoms with Crippen molar-refractivity contribution in [2.75, 3.05) is 19.0 Å². The van der Waals surface area contributed by atoms with Gasteiger partial charge in [0, 0.05) is 23.9 Å². The molecule has 21 heavy (non-hydrogen) atoms. The number of hydrogen-bond donors (Lipinski definition) is 1. The summed E-state index contributed by atoms with van der Waals surface area (Å²) in [6, 6.07) is 4.73. The Labute approximate surface area is 121 Å². The number of ether oxygens (including phenoxy) is 1. The summed E-state index contributed by atoms with van der Waals surface area (Å²) in [5.74, 6) is -0.525. The van der Waals surface area contributed by atoms with Gasteiger partial charge in [0.2, 0.25) is 0 Å². The zero-order chi connectivity index (χ0) is 16.0. The van der Waals surface area contributed by atoms with Crippen molar-refractivity contribution in [1.82, 2.24) is 4.90 Å². The second-order valence-electron chi connectivity index (χ2n) is 4.53. The summed E-state index contributed by atoms with van der Waals surface area (Å²) in [6.07, 6.45) is 0. The Morgan fingerprint density at radius 1 is 1.33 bits per heavy atom. The number of nitrogens with one attached hydrogen (secondary N) is 1. The summed E-state index contributed by atoms with van der Waals surface area (Å²) in [5.41, 5.74) is 0.337. The molecule has 1 aromatic carbocycles. The molecule has 0 aliphatic carbocycles. The number of nitrogens with zero attached hydrogens (tertiary/aromatic N) is 2. The normalized spacial score (nSPS) is 10.1. The molecule has 8 nitrogen and oxygen atoms in total. The van der Waals surface area contributed by atoms with Crippen LogP contribution in [0.4, 0.5) is 16.2 Å². The number of urea groups is 1. The number of benzene rings is 1. The number of hydrogen-bond acceptors (Lipinski definition) is 5. The molecule has 114 valence electrons. The third kappa shape index (κ3) is 4.75. The maximum absolute atomic E-state index is 12.1. The number of non-ortho nitro benzene ring substituents is 1. The molecule has 0 saturated carbocycles. The van der Waals surface area contributed by atoms with Gasteiger partial charge in [-0.3, -0.25) is 14.9 Å². The van der Waals surface area contributed by atoms with Gasteiger partial charge in [-0.15, -0.1) is 0 Å². The van der Waals surface area contributed by atoms with Crippen LogP contribution in [0.15, 0.2) is 24.3 Å². The molecular formula is C13H17N3O5. The molecule has 1 N–H and O–H groups in total. The predicted octanol–water partition coefficient (Wildman–Crippen LogP) is 2.01. The van der Waals surface area contributed by atoms with E-state index in [0.717, 1.165) is 0 Å². The smallest absolute Gasteiger partial charge is 0.325 e. The molecule has 0 radical (unpaired) electrons. The predicted molar refractivity (Wildman–Crippen MR) is 76.0 cm³/mol. The number of rotatable bonds is 5. The molecule has 0 spiro atoms. The summed E-state index contributed by atoms with van der Waals surface area (Å²) in [5, 5.41) is 13.1. The van der Waals surface area contributed by atoms with E-state index in [1.165, 1.54) is 36.3 Å². The number of methoxy groups -OCH3 is 1. The Bertz CT molecular complexity index is 527. The molecule has 0 aliphatic heterocycles. The number of carbonyl (C=O) groups is 2. The van der Waals surface area contributed by atoms with Crippen molar-refractivity contribution in [3.8, 4) is 0 Å². The van der Waals surface area contributed by atoms with Gasteiger partial charge in [0.15, 0.2) is 0 Å². The summed E-state index contributed by atoms with van der Waals surface area (Å²) in [4.78, 5) is 34.7. The van der Waals surface area contributed by atoms with Crippen molar-refractivity contribution < 1.29 is 19.2 Å². The third-order valence-electron chi connectivity index (χ3n) is 2.74. The lowest BCUT2D eigenvalue weighted by Gasteiger charge is -2.25. The van der Waals surface area contributed by atoms with Gasteiger partial charge in [-0.25, -0.2) is 4.79 Å². The van der Waals surface area contributed by atoms with Crippen LogP contribution in [0, 0.1) is 10.1 Å². The van der Waals surface area contributed by atoms with Crippen LogP contribution < -0.4 is 5.32 Å². The highest BCUT2D eigenvalue weighted by Crippen LogP contribution is 2.16. The first-order valence-electron chi connectivity index (χ1n) is 6.24. The fourth-order valence-corrected chi connectivity index (χ4v) is 1.55. The van der Waals surface area contributed by atoms with E-state index in [1.54, 1.807) is 13.8 Å². The number of esters is 1. The van der Waals surface area contributed by atoms with Crippen molar-refractivity contribution in [2.45, 2.75) is 19.9 Å². The zero-order valence-corrected chi connectivity index (χ0v) is 12.0. The van der Waals surface area contributed by atoms with E-state index >= 15 is 0 Å². The van der Waals surface area contributed by atoms with Crippen LogP contribution in [0.1, 0.15) is 13.8 Å². The number of amides is 2. The Morgan fingerprint density at radius 2 is 1.90 bits per heavy atom. The van der Waals surface area contributed by atoms with E-state index in [4.69, 9.17) is 0 Å². The first kappa shape index (κ1) is 16.4. The van der Waals surface area contributed by atoms with E-state index in [9.17, 15) is 19.7 Å². The van der Waals surface area contributed by atoms with Gasteiger partial charge >= 0.3 is 12.0 Å². The van der Waals surface area contributed by atoms with Crippen LogP contribution in [-0.4, -0.2) is 41.5 Å². The SMILES string of the molecule is COC(=O)CN(C(=O)Nc1ccc([N+](=O)[O-])cc1)C(C)C. The minimum absolute atomic E-state index is 0.0664. The van der Waals surface area contributed by atoms with Crippen molar-refractivity contribution in [3.05, 3.63) is 34.4 Å². The molecule has 0 aromatic heterocycles. The molecule has 0 saturated heterocycles. The van der Waals surface area contributed by atoms with E-state index in [1.807, 2.05) is 0 Å². The van der Waals surface area contributed by atoms with Gasteiger partial charge in [-0.1, -0.05) is 0 Å². The summed E-state index contributed by atoms with van der Waals surface area (Å²) in [6.45, 7) is 3.35. The minimum Gasteiger partial charge on any atom is -0.468 e. The van der Waals surface area contributed by atoms with Gasteiger partial charge in [-0.05, 0) is 26.0 Å². The van der Waals surface area contributed by atoms with Crippen LogP contribution in [0.3, 0.4) is 0 Å². The van der Waals surface area contributed by atoms with Crippen LogP contribution in [-0.2, 0) is 9.53 Å². The lowest BCUT2D eigenvalue weighted by atomic mass is 10.3. The van der Waals surface area contributed by atoms with Gasteiger partial charge in [0.05, 0.1) is 12.0 Å². The molecular weight excluding hydrogens is 278 g/mol. The van der Waals surface area contributed by atoms with E-state index < -0.39 is 16.9 Å². The van der Waals surface area contributed by atoms with Crippen molar-refractivity contribution >= 4 is 23.4 Å². The molecule has 0 bridgehead atoms. The number of anilines is 1. The Hall–Kier alpha value is -2.64. The Morgan fingerprint density at radius 3 is 2.33 bits per heavy atom. The van der Waals surface area contributed by atoms with Crippen molar-refractivity contribution in [3.63, 3.8) is 0 Å². The fourth-order valence-electron chi connectivity index (χ4n) is 1.55. The number of nitro groups is 1. The maximum Gasteiger partial charge on any atom is 0.325 e. The van der Waals surface area contributed by atoms with Crippen LogP contribution in [0.5, 0.6) is 0 Å². The highest BCUT2D eigenvalue weighted by molar-refractivity contribution is 5.91. The second kappa shape index (κ2) is 7.22. The zero-order valence-electron chi connectivity index (χ0n) is 12.0. The summed E-state index contributed by atoms with van der Waals surface area (Å²) >= 11 is 0. The lowest BCUT2D eigenvalue weighted by molar-refractivity contribution is -0.384. The molecule has 1 aromatic rings. The average molecular weight is 295 g/mol. The first-order chi connectivity index (χ1) is 9.85. The van der Waals surface area contributed by atoms with E-state index in [0.29, 0.717) is 5.69 Å². The van der Waals surface area contributed by atoms with Crippen LogP contribution >= 0.6 is 0 Å². The van der Waals surface area contributed by atoms with Crippen LogP contribution in [0.25, 0.3) is 0 Å². The average Bonchev–Trinajstić information content (AvgIpc) is 2.44. The minimum atomic E-state index is -0.525. The largest absolute Gasteiger partial charge is 0.468 e. The standard InChI is InChI=1S/C13H17N3O5/c1-9(2)15(8-12(17)21-3)13(18)14-10-4-6-11(7-5-10)16(19)20/h4-7,9H,8H2,1-3H3,(H,14,18). The molecule has 1 rings (SSSR count). The van der Waals surface area contributed by atoms with E-state index in [2.05, 4.69) is 10.1 Å². The Balaban J connectivity index is 2.76. The van der Waals surface area contributed by atoms with Gasteiger partial charge in [0.25, 0.3) is 5.69 Å².